The molecule has 1 aromatic carbocycles. The third-order valence-electron chi connectivity index (χ3n) is 2.70. The van der Waals surface area contributed by atoms with Crippen LogP contribution in [0.1, 0.15) is 10.6 Å². The summed E-state index contributed by atoms with van der Waals surface area (Å²) < 4.78 is 29.6. The summed E-state index contributed by atoms with van der Waals surface area (Å²) in [5.41, 5.74) is 0. The van der Waals surface area contributed by atoms with E-state index in [1.165, 1.54) is 24.3 Å². The van der Waals surface area contributed by atoms with E-state index in [2.05, 4.69) is 0 Å². The zero-order chi connectivity index (χ0) is 17.2. The molecule has 0 amide bonds. The van der Waals surface area contributed by atoms with Crippen molar-refractivity contribution in [3.63, 3.8) is 0 Å². The summed E-state index contributed by atoms with van der Waals surface area (Å²) in [6.07, 6.45) is 0.417. The molecule has 7 nitrogen and oxygen atoms in total. The van der Waals surface area contributed by atoms with Crippen molar-refractivity contribution in [1.29, 1.82) is 0 Å². The number of sulfone groups is 1. The molecule has 2 aromatic rings. The van der Waals surface area contributed by atoms with Crippen LogP contribution in [-0.4, -0.2) is 30.4 Å². The molecule has 0 aliphatic heterocycles. The molecule has 1 heterocycles. The predicted molar refractivity (Wildman–Crippen MR) is 78.3 cm³/mol. The van der Waals surface area contributed by atoms with Gasteiger partial charge in [0.2, 0.25) is 26.5 Å². The number of benzene rings is 1. The van der Waals surface area contributed by atoms with Crippen LogP contribution in [0.25, 0.3) is 0 Å². The normalized spacial score (nSPS) is 12.1. The van der Waals surface area contributed by atoms with Crippen molar-refractivity contribution in [2.24, 2.45) is 0 Å². The highest BCUT2D eigenvalue weighted by Crippen LogP contribution is 2.24. The molecule has 2 rings (SSSR count). The van der Waals surface area contributed by atoms with Crippen molar-refractivity contribution in [3.8, 4) is 0 Å². The van der Waals surface area contributed by atoms with Gasteiger partial charge >= 0.3 is 5.97 Å². The minimum Gasteiger partial charge on any atom is -0.502 e. The predicted octanol–water partition coefficient (Wildman–Crippen LogP) is 2.48. The van der Waals surface area contributed by atoms with Crippen molar-refractivity contribution in [1.82, 2.24) is 0 Å². The lowest BCUT2D eigenvalue weighted by molar-refractivity contribution is -0.135. The molecule has 0 unspecified atom stereocenters. The number of carbonyl (C=O) groups is 2. The monoisotopic (exact) mass is 356 g/mol. The van der Waals surface area contributed by atoms with E-state index < -0.39 is 38.2 Å². The average Bonchev–Trinajstić information content (AvgIpc) is 2.98. The molecule has 0 saturated carbocycles. The number of carboxylic acids is 1. The van der Waals surface area contributed by atoms with Gasteiger partial charge in [0.1, 0.15) is 0 Å². The Balaban J connectivity index is 2.35. The molecule has 0 fully saturated rings. The summed E-state index contributed by atoms with van der Waals surface area (Å²) in [6.45, 7) is 0. The quantitative estimate of drug-likeness (QED) is 0.479. The zero-order valence-electron chi connectivity index (χ0n) is 11.3. The maximum atomic E-state index is 12.3. The second-order valence-electron chi connectivity index (χ2n) is 4.28. The molecule has 23 heavy (non-hydrogen) atoms. The van der Waals surface area contributed by atoms with E-state index in [0.717, 1.165) is 12.1 Å². The van der Waals surface area contributed by atoms with Crippen LogP contribution in [0.5, 0.6) is 0 Å². The summed E-state index contributed by atoms with van der Waals surface area (Å²) in [7, 11) is -3.99. The van der Waals surface area contributed by atoms with Gasteiger partial charge in [-0.3, -0.25) is 4.79 Å². The van der Waals surface area contributed by atoms with Crippen molar-refractivity contribution in [2.75, 3.05) is 0 Å². The Morgan fingerprint density at radius 3 is 2.22 bits per heavy atom. The molecular weight excluding hydrogens is 348 g/mol. The third-order valence-corrected chi connectivity index (χ3v) is 4.59. The summed E-state index contributed by atoms with van der Waals surface area (Å²) in [4.78, 5) is 22.0. The van der Waals surface area contributed by atoms with Gasteiger partial charge in [0.15, 0.2) is 5.76 Å². The van der Waals surface area contributed by atoms with Crippen LogP contribution in [0.4, 0.5) is 0 Å². The first kappa shape index (κ1) is 16.8. The second-order valence-corrected chi connectivity index (χ2v) is 6.59. The molecule has 0 radical (unpaired) electrons. The minimum atomic E-state index is -3.99. The SMILES string of the molecule is O=C(O)/C(O)=C/C(=O)c1ccc(S(=O)(=O)c2ccc(Cl)cc2)o1. The van der Waals surface area contributed by atoms with Crippen LogP contribution < -0.4 is 0 Å². The van der Waals surface area contributed by atoms with Crippen molar-refractivity contribution < 1.29 is 32.6 Å². The second kappa shape index (κ2) is 6.27. The number of halogens is 1. The highest BCUT2D eigenvalue weighted by molar-refractivity contribution is 7.91. The molecule has 0 spiro atoms. The van der Waals surface area contributed by atoms with Gasteiger partial charge in [-0.05, 0) is 36.4 Å². The number of aliphatic hydroxyl groups excluding tert-OH is 1. The Labute approximate surface area is 135 Å². The van der Waals surface area contributed by atoms with Crippen LogP contribution in [-0.2, 0) is 14.6 Å². The number of hydrogen-bond donors (Lipinski definition) is 2. The van der Waals surface area contributed by atoms with E-state index in [1.807, 2.05) is 0 Å². The highest BCUT2D eigenvalue weighted by Gasteiger charge is 2.23. The fourth-order valence-corrected chi connectivity index (χ4v) is 2.88. The van der Waals surface area contributed by atoms with Gasteiger partial charge in [-0.1, -0.05) is 11.6 Å². The maximum absolute atomic E-state index is 12.3. The number of carboxylic acid groups (broad SMARTS) is 1. The number of hydrogen-bond acceptors (Lipinski definition) is 6. The Morgan fingerprint density at radius 1 is 1.04 bits per heavy atom. The molecule has 9 heteroatoms. The van der Waals surface area contributed by atoms with Crippen LogP contribution in [0.3, 0.4) is 0 Å². The number of ketones is 1. The number of allylic oxidation sites excluding steroid dienone is 1. The number of rotatable bonds is 5. The topological polar surface area (TPSA) is 122 Å². The van der Waals surface area contributed by atoms with Crippen molar-refractivity contribution >= 4 is 33.2 Å². The fraction of sp³-hybridized carbons (Fsp3) is 0. The number of carbonyl (C=O) groups excluding carboxylic acids is 1. The first-order chi connectivity index (χ1) is 10.7. The zero-order valence-corrected chi connectivity index (χ0v) is 12.8. The van der Waals surface area contributed by atoms with Gasteiger partial charge < -0.3 is 14.6 Å². The summed E-state index contributed by atoms with van der Waals surface area (Å²) in [5, 5.41) is 17.3. The molecule has 1 aromatic heterocycles. The molecule has 0 bridgehead atoms. The van der Waals surface area contributed by atoms with Crippen molar-refractivity contribution in [2.45, 2.75) is 9.99 Å². The largest absolute Gasteiger partial charge is 0.502 e. The Hall–Kier alpha value is -2.58. The summed E-state index contributed by atoms with van der Waals surface area (Å²) >= 11 is 5.69. The first-order valence-corrected chi connectivity index (χ1v) is 7.86. The number of aliphatic hydroxyl groups is 1. The van der Waals surface area contributed by atoms with Crippen LogP contribution in [0.15, 0.2) is 62.6 Å². The van der Waals surface area contributed by atoms with E-state index in [1.54, 1.807) is 0 Å². The number of aliphatic carboxylic acids is 1. The highest BCUT2D eigenvalue weighted by atomic mass is 35.5. The van der Waals surface area contributed by atoms with E-state index in [9.17, 15) is 18.0 Å². The molecule has 2 N–H and O–H groups in total. The van der Waals surface area contributed by atoms with Crippen molar-refractivity contribution in [3.05, 3.63) is 59.0 Å². The summed E-state index contributed by atoms with van der Waals surface area (Å²) in [5.74, 6) is -4.29. The van der Waals surface area contributed by atoms with E-state index in [0.29, 0.717) is 11.1 Å². The Kier molecular flexibility index (Phi) is 4.57. The molecule has 0 saturated heterocycles. The van der Waals surface area contributed by atoms with Crippen LogP contribution >= 0.6 is 11.6 Å². The van der Waals surface area contributed by atoms with Gasteiger partial charge in [0, 0.05) is 11.1 Å². The lowest BCUT2D eigenvalue weighted by Crippen LogP contribution is -2.03. The molecule has 0 atom stereocenters. The Morgan fingerprint density at radius 2 is 1.65 bits per heavy atom. The van der Waals surface area contributed by atoms with E-state index >= 15 is 0 Å². The molecule has 0 aliphatic carbocycles. The van der Waals surface area contributed by atoms with E-state index in [4.69, 9.17) is 26.2 Å². The number of furan rings is 1. The third kappa shape index (κ3) is 3.61. The molecule has 0 aliphatic rings. The maximum Gasteiger partial charge on any atom is 0.371 e. The lowest BCUT2D eigenvalue weighted by Gasteiger charge is -2.01. The van der Waals surface area contributed by atoms with Crippen LogP contribution in [0.2, 0.25) is 5.02 Å². The molecule has 120 valence electrons. The van der Waals surface area contributed by atoms with E-state index in [-0.39, 0.29) is 4.90 Å². The average molecular weight is 357 g/mol. The van der Waals surface area contributed by atoms with Gasteiger partial charge in [0.25, 0.3) is 0 Å². The van der Waals surface area contributed by atoms with Crippen LogP contribution in [0, 0.1) is 0 Å². The van der Waals surface area contributed by atoms with Gasteiger partial charge in [-0.15, -0.1) is 0 Å². The molecular formula is C14H9ClO7S. The smallest absolute Gasteiger partial charge is 0.371 e. The summed E-state index contributed by atoms with van der Waals surface area (Å²) in [6, 6.07) is 7.45. The fourth-order valence-electron chi connectivity index (χ4n) is 1.58. The van der Waals surface area contributed by atoms with Gasteiger partial charge in [0.05, 0.1) is 4.90 Å². The Bertz CT molecular complexity index is 891. The standard InChI is InChI=1S/C14H9ClO7S/c15-8-1-3-9(4-2-8)23(20,21)13-6-5-12(22-13)10(16)7-11(17)14(18)19/h1-7,17H,(H,18,19)/b11-7-. The minimum absolute atomic E-state index is 0.0841. The first-order valence-electron chi connectivity index (χ1n) is 6.00. The lowest BCUT2D eigenvalue weighted by atomic mass is 10.2. The van der Waals surface area contributed by atoms with Gasteiger partial charge in [-0.25, -0.2) is 13.2 Å². The van der Waals surface area contributed by atoms with Gasteiger partial charge in [-0.2, -0.15) is 0 Å².